The minimum absolute atomic E-state index is 0.184. The van der Waals surface area contributed by atoms with Crippen molar-refractivity contribution in [3.05, 3.63) is 29.3 Å². The van der Waals surface area contributed by atoms with Crippen LogP contribution in [0.1, 0.15) is 36.2 Å². The molecule has 1 aromatic rings. The molecule has 0 fully saturated rings. The second-order valence-electron chi connectivity index (χ2n) is 4.51. The summed E-state index contributed by atoms with van der Waals surface area (Å²) in [4.78, 5) is 23.7. The number of nitrogens with two attached hydrogens (primary N) is 1. The molecule has 2 amide bonds. The van der Waals surface area contributed by atoms with E-state index >= 15 is 0 Å². The van der Waals surface area contributed by atoms with Crippen LogP contribution in [0.5, 0.6) is 0 Å². The molecule has 0 saturated carbocycles. The molecule has 19 heavy (non-hydrogen) atoms. The van der Waals surface area contributed by atoms with Gasteiger partial charge in [-0.1, -0.05) is 13.0 Å². The van der Waals surface area contributed by atoms with Crippen molar-refractivity contribution in [1.82, 2.24) is 10.6 Å². The van der Waals surface area contributed by atoms with Crippen LogP contribution in [0, 0.1) is 6.92 Å². The van der Waals surface area contributed by atoms with Crippen molar-refractivity contribution in [2.24, 2.45) is 0 Å². The molecule has 0 bridgehead atoms. The number of amides is 2. The quantitative estimate of drug-likeness (QED) is 0.698. The second kappa shape index (κ2) is 6.78. The third-order valence-corrected chi connectivity index (χ3v) is 2.91. The molecule has 1 unspecified atom stereocenters. The van der Waals surface area contributed by atoms with Gasteiger partial charge in [-0.3, -0.25) is 9.59 Å². The first kappa shape index (κ1) is 15.0. The van der Waals surface area contributed by atoms with Crippen LogP contribution >= 0.6 is 0 Å². The molecular formula is C14H21N3O2. The number of hydrogen-bond acceptors (Lipinski definition) is 3. The van der Waals surface area contributed by atoms with E-state index in [0.717, 1.165) is 12.0 Å². The molecule has 1 aromatic carbocycles. The van der Waals surface area contributed by atoms with Crippen LogP contribution in [-0.2, 0) is 4.79 Å². The fraction of sp³-hybridized carbons (Fsp3) is 0.429. The van der Waals surface area contributed by atoms with Gasteiger partial charge in [0.25, 0.3) is 5.91 Å². The van der Waals surface area contributed by atoms with Crippen LogP contribution in [0.25, 0.3) is 0 Å². The third kappa shape index (κ3) is 3.98. The van der Waals surface area contributed by atoms with E-state index < -0.39 is 6.04 Å². The Morgan fingerprint density at radius 2 is 2.05 bits per heavy atom. The number of anilines is 1. The fourth-order valence-electron chi connectivity index (χ4n) is 1.64. The molecule has 0 aliphatic rings. The number of nitrogen functional groups attached to an aromatic ring is 1. The van der Waals surface area contributed by atoms with Gasteiger partial charge >= 0.3 is 0 Å². The maximum absolute atomic E-state index is 12.1. The summed E-state index contributed by atoms with van der Waals surface area (Å²) in [7, 11) is 0. The predicted molar refractivity (Wildman–Crippen MR) is 75.8 cm³/mol. The molecular weight excluding hydrogens is 242 g/mol. The first-order valence-corrected chi connectivity index (χ1v) is 6.41. The molecule has 0 radical (unpaired) electrons. The number of hydrogen-bond donors (Lipinski definition) is 3. The van der Waals surface area contributed by atoms with E-state index in [9.17, 15) is 9.59 Å². The van der Waals surface area contributed by atoms with Gasteiger partial charge in [-0.15, -0.1) is 0 Å². The first-order chi connectivity index (χ1) is 8.97. The summed E-state index contributed by atoms with van der Waals surface area (Å²) in [5.41, 5.74) is 7.54. The predicted octanol–water partition coefficient (Wildman–Crippen LogP) is 1.22. The van der Waals surface area contributed by atoms with Crippen molar-refractivity contribution in [1.29, 1.82) is 0 Å². The highest BCUT2D eigenvalue weighted by Gasteiger charge is 2.17. The molecule has 0 aromatic heterocycles. The Kier molecular flexibility index (Phi) is 5.36. The van der Waals surface area contributed by atoms with E-state index in [-0.39, 0.29) is 11.8 Å². The molecule has 0 saturated heterocycles. The van der Waals surface area contributed by atoms with E-state index in [2.05, 4.69) is 10.6 Å². The van der Waals surface area contributed by atoms with Crippen LogP contribution in [-0.4, -0.2) is 24.4 Å². The smallest absolute Gasteiger partial charge is 0.252 e. The molecule has 0 spiro atoms. The second-order valence-corrected chi connectivity index (χ2v) is 4.51. The lowest BCUT2D eigenvalue weighted by molar-refractivity contribution is -0.122. The minimum Gasteiger partial charge on any atom is -0.398 e. The molecule has 4 N–H and O–H groups in total. The van der Waals surface area contributed by atoms with Crippen LogP contribution in [0.2, 0.25) is 0 Å². The van der Waals surface area contributed by atoms with E-state index in [1.54, 1.807) is 32.0 Å². The van der Waals surface area contributed by atoms with Crippen molar-refractivity contribution in [3.63, 3.8) is 0 Å². The number of benzene rings is 1. The van der Waals surface area contributed by atoms with Gasteiger partial charge in [-0.25, -0.2) is 0 Å². The van der Waals surface area contributed by atoms with Crippen LogP contribution in [0.4, 0.5) is 5.69 Å². The van der Waals surface area contributed by atoms with E-state index in [4.69, 9.17) is 5.73 Å². The van der Waals surface area contributed by atoms with Crippen LogP contribution in [0.15, 0.2) is 18.2 Å². The molecule has 1 rings (SSSR count). The third-order valence-electron chi connectivity index (χ3n) is 2.91. The highest BCUT2D eigenvalue weighted by molar-refractivity contribution is 5.99. The Morgan fingerprint density at radius 1 is 1.37 bits per heavy atom. The molecule has 1 atom stereocenters. The number of rotatable bonds is 5. The van der Waals surface area contributed by atoms with Gasteiger partial charge in [0.2, 0.25) is 5.91 Å². The molecule has 104 valence electrons. The van der Waals surface area contributed by atoms with E-state index in [1.807, 2.05) is 6.92 Å². The molecule has 0 aliphatic heterocycles. The molecule has 0 heterocycles. The van der Waals surface area contributed by atoms with Gasteiger partial charge in [0.05, 0.1) is 0 Å². The minimum atomic E-state index is -0.570. The molecule has 5 nitrogen and oxygen atoms in total. The van der Waals surface area contributed by atoms with Crippen molar-refractivity contribution in [2.75, 3.05) is 12.3 Å². The van der Waals surface area contributed by atoms with Gasteiger partial charge in [0.15, 0.2) is 0 Å². The zero-order valence-corrected chi connectivity index (χ0v) is 11.6. The molecule has 0 aliphatic carbocycles. The van der Waals surface area contributed by atoms with Gasteiger partial charge in [-0.05, 0) is 38.0 Å². The first-order valence-electron chi connectivity index (χ1n) is 6.41. The van der Waals surface area contributed by atoms with Gasteiger partial charge in [-0.2, -0.15) is 0 Å². The Labute approximate surface area is 113 Å². The standard InChI is InChI=1S/C14H21N3O2/c1-4-8-16-13(18)10(3)17-14(19)11-6-5-7-12(15)9(11)2/h5-7,10H,4,8,15H2,1-3H3,(H,16,18)(H,17,19). The summed E-state index contributed by atoms with van der Waals surface area (Å²) in [6, 6.07) is 4.58. The van der Waals surface area contributed by atoms with Gasteiger partial charge in [0, 0.05) is 17.8 Å². The summed E-state index contributed by atoms with van der Waals surface area (Å²) >= 11 is 0. The van der Waals surface area contributed by atoms with Gasteiger partial charge in [0.1, 0.15) is 6.04 Å². The van der Waals surface area contributed by atoms with E-state index in [1.165, 1.54) is 0 Å². The average Bonchev–Trinajstić information content (AvgIpc) is 2.38. The van der Waals surface area contributed by atoms with Crippen LogP contribution < -0.4 is 16.4 Å². The summed E-state index contributed by atoms with van der Waals surface area (Å²) in [6.45, 7) is 6.02. The Balaban J connectivity index is 2.69. The maximum atomic E-state index is 12.1. The summed E-state index contributed by atoms with van der Waals surface area (Å²) in [6.07, 6.45) is 0.862. The van der Waals surface area contributed by atoms with Crippen molar-refractivity contribution >= 4 is 17.5 Å². The topological polar surface area (TPSA) is 84.2 Å². The molecule has 5 heteroatoms. The zero-order valence-electron chi connectivity index (χ0n) is 11.6. The lowest BCUT2D eigenvalue weighted by Gasteiger charge is -2.15. The summed E-state index contributed by atoms with van der Waals surface area (Å²) in [5, 5.41) is 5.40. The summed E-state index contributed by atoms with van der Waals surface area (Å²) in [5.74, 6) is -0.472. The highest BCUT2D eigenvalue weighted by Crippen LogP contribution is 2.15. The monoisotopic (exact) mass is 263 g/mol. The van der Waals surface area contributed by atoms with Crippen molar-refractivity contribution < 1.29 is 9.59 Å². The fourth-order valence-corrected chi connectivity index (χ4v) is 1.64. The van der Waals surface area contributed by atoms with Crippen LogP contribution in [0.3, 0.4) is 0 Å². The Hall–Kier alpha value is -2.04. The largest absolute Gasteiger partial charge is 0.398 e. The SMILES string of the molecule is CCCNC(=O)C(C)NC(=O)c1cccc(N)c1C. The van der Waals surface area contributed by atoms with E-state index in [0.29, 0.717) is 17.8 Å². The highest BCUT2D eigenvalue weighted by atomic mass is 16.2. The number of carbonyl (C=O) groups excluding carboxylic acids is 2. The number of carbonyl (C=O) groups is 2. The normalized spacial score (nSPS) is 11.7. The lowest BCUT2D eigenvalue weighted by atomic mass is 10.1. The number of nitrogens with one attached hydrogen (secondary N) is 2. The zero-order chi connectivity index (χ0) is 14.4. The maximum Gasteiger partial charge on any atom is 0.252 e. The Bertz CT molecular complexity index is 472. The lowest BCUT2D eigenvalue weighted by Crippen LogP contribution is -2.45. The van der Waals surface area contributed by atoms with Gasteiger partial charge < -0.3 is 16.4 Å². The average molecular weight is 263 g/mol. The Morgan fingerprint density at radius 3 is 2.68 bits per heavy atom. The van der Waals surface area contributed by atoms with Crippen molar-refractivity contribution in [3.8, 4) is 0 Å². The summed E-state index contributed by atoms with van der Waals surface area (Å²) < 4.78 is 0. The van der Waals surface area contributed by atoms with Crippen molar-refractivity contribution in [2.45, 2.75) is 33.2 Å².